The molecule has 0 bridgehead atoms. The highest BCUT2D eigenvalue weighted by Gasteiger charge is 2.31. The molecule has 1 aliphatic rings. The van der Waals surface area contributed by atoms with Gasteiger partial charge in [0.25, 0.3) is 5.91 Å². The molecule has 2 rings (SSSR count). The highest BCUT2D eigenvalue weighted by Crippen LogP contribution is 2.06. The summed E-state index contributed by atoms with van der Waals surface area (Å²) in [6.45, 7) is 2.90. The largest absolute Gasteiger partial charge is 0.370 e. The van der Waals surface area contributed by atoms with Crippen LogP contribution >= 0.6 is 23.2 Å². The van der Waals surface area contributed by atoms with Crippen LogP contribution in [0.15, 0.2) is 30.3 Å². The van der Waals surface area contributed by atoms with E-state index in [2.05, 4.69) is 5.32 Å². The average molecular weight is 304 g/mol. The summed E-state index contributed by atoms with van der Waals surface area (Å²) in [5.41, 5.74) is 0.606. The highest BCUT2D eigenvalue weighted by atomic mass is 35.5. The van der Waals surface area contributed by atoms with Gasteiger partial charge in [0.05, 0.1) is 13.2 Å². The van der Waals surface area contributed by atoms with Crippen molar-refractivity contribution in [3.63, 3.8) is 0 Å². The average Bonchev–Trinajstić information content (AvgIpc) is 2.46. The maximum atomic E-state index is 12.1. The number of amides is 1. The number of hydrogen-bond donors (Lipinski definition) is 2. The molecule has 104 valence electrons. The van der Waals surface area contributed by atoms with Crippen LogP contribution < -0.4 is 10.2 Å². The Labute approximate surface area is 122 Å². The van der Waals surface area contributed by atoms with Gasteiger partial charge < -0.3 is 15.0 Å². The molecule has 4 nitrogen and oxygen atoms in total. The molecule has 0 aromatic heterocycles. The van der Waals surface area contributed by atoms with Gasteiger partial charge >= 0.3 is 0 Å². The molecular formula is C13H17Cl2N2O2+. The Morgan fingerprint density at radius 3 is 2.42 bits per heavy atom. The van der Waals surface area contributed by atoms with Gasteiger partial charge in [-0.3, -0.25) is 4.79 Å². The van der Waals surface area contributed by atoms with Crippen LogP contribution in [0.1, 0.15) is 10.4 Å². The second-order valence-corrected chi connectivity index (χ2v) is 5.59. The molecule has 0 radical (unpaired) electrons. The lowest BCUT2D eigenvalue weighted by atomic mass is 10.2. The van der Waals surface area contributed by atoms with E-state index in [1.807, 2.05) is 18.2 Å². The van der Waals surface area contributed by atoms with Crippen LogP contribution in [0.3, 0.4) is 0 Å². The molecule has 1 aliphatic heterocycles. The first-order chi connectivity index (χ1) is 9.18. The minimum absolute atomic E-state index is 0.157. The SMILES string of the molecule is O=C(N[C@H](C(Cl)Cl)[NH+]1CCOCC1)c1ccccc1. The predicted octanol–water partition coefficient (Wildman–Crippen LogP) is 0.461. The molecule has 1 atom stereocenters. The molecule has 1 aromatic carbocycles. The van der Waals surface area contributed by atoms with Crippen molar-refractivity contribution < 1.29 is 14.4 Å². The van der Waals surface area contributed by atoms with E-state index in [1.165, 1.54) is 0 Å². The van der Waals surface area contributed by atoms with Crippen LogP contribution in [0, 0.1) is 0 Å². The molecule has 2 N–H and O–H groups in total. The number of carbonyl (C=O) groups is 1. The fourth-order valence-corrected chi connectivity index (χ4v) is 2.58. The third-order valence-electron chi connectivity index (χ3n) is 3.15. The number of morpholine rings is 1. The Hall–Kier alpha value is -0.810. The maximum Gasteiger partial charge on any atom is 0.255 e. The molecule has 0 spiro atoms. The summed E-state index contributed by atoms with van der Waals surface area (Å²) in [5.74, 6) is -0.157. The van der Waals surface area contributed by atoms with Gasteiger partial charge in [0, 0.05) is 5.56 Å². The van der Waals surface area contributed by atoms with Gasteiger partial charge in [-0.15, -0.1) is 0 Å². The molecule has 0 saturated carbocycles. The summed E-state index contributed by atoms with van der Waals surface area (Å²) in [5, 5.41) is 2.91. The van der Waals surface area contributed by atoms with Crippen LogP contribution in [0.5, 0.6) is 0 Å². The predicted molar refractivity (Wildman–Crippen MR) is 74.7 cm³/mol. The van der Waals surface area contributed by atoms with E-state index in [0.29, 0.717) is 18.8 Å². The van der Waals surface area contributed by atoms with E-state index in [-0.39, 0.29) is 12.1 Å². The summed E-state index contributed by atoms with van der Waals surface area (Å²) in [6.07, 6.45) is -0.320. The standard InChI is InChI=1S/C13H16Cl2N2O2/c14-11(15)12(17-6-8-19-9-7-17)16-13(18)10-4-2-1-3-5-10/h1-5,11-12H,6-9H2,(H,16,18)/p+1/t12-/m0/s1. The number of ether oxygens (including phenoxy) is 1. The first kappa shape index (κ1) is 14.6. The zero-order valence-corrected chi connectivity index (χ0v) is 12.0. The van der Waals surface area contributed by atoms with Crippen LogP contribution in [-0.4, -0.2) is 43.2 Å². The van der Waals surface area contributed by atoms with Crippen LogP contribution in [0.2, 0.25) is 0 Å². The van der Waals surface area contributed by atoms with Crippen molar-refractivity contribution in [2.75, 3.05) is 26.3 Å². The first-order valence-corrected chi connectivity index (χ1v) is 7.12. The van der Waals surface area contributed by atoms with E-state index in [9.17, 15) is 4.79 Å². The Kier molecular flexibility index (Phi) is 5.45. The summed E-state index contributed by atoms with van der Waals surface area (Å²) in [7, 11) is 0. The fraction of sp³-hybridized carbons (Fsp3) is 0.462. The molecule has 19 heavy (non-hydrogen) atoms. The second-order valence-electron chi connectivity index (χ2n) is 4.42. The van der Waals surface area contributed by atoms with Crippen LogP contribution in [0.4, 0.5) is 0 Å². The number of quaternary nitrogens is 1. The molecular weight excluding hydrogens is 287 g/mol. The third kappa shape index (κ3) is 4.08. The van der Waals surface area contributed by atoms with E-state index in [4.69, 9.17) is 27.9 Å². The maximum absolute atomic E-state index is 12.1. The number of halogens is 2. The number of carbonyl (C=O) groups excluding carboxylic acids is 1. The molecule has 1 heterocycles. The summed E-state index contributed by atoms with van der Waals surface area (Å²) >= 11 is 12.0. The van der Waals surface area contributed by atoms with Crippen molar-refractivity contribution in [3.8, 4) is 0 Å². The molecule has 0 unspecified atom stereocenters. The van der Waals surface area contributed by atoms with Gasteiger partial charge in [-0.05, 0) is 12.1 Å². The van der Waals surface area contributed by atoms with Crippen molar-refractivity contribution in [2.45, 2.75) is 11.0 Å². The van der Waals surface area contributed by atoms with Crippen molar-refractivity contribution in [3.05, 3.63) is 35.9 Å². The highest BCUT2D eigenvalue weighted by molar-refractivity contribution is 6.44. The Morgan fingerprint density at radius 1 is 1.21 bits per heavy atom. The lowest BCUT2D eigenvalue weighted by Crippen LogP contribution is -3.20. The lowest BCUT2D eigenvalue weighted by Gasteiger charge is -2.32. The number of nitrogens with one attached hydrogen (secondary N) is 2. The fourth-order valence-electron chi connectivity index (χ4n) is 2.10. The summed E-state index contributed by atoms with van der Waals surface area (Å²) in [4.78, 5) is 12.6. The van der Waals surface area contributed by atoms with Crippen molar-refractivity contribution in [1.29, 1.82) is 0 Å². The minimum Gasteiger partial charge on any atom is -0.370 e. The van der Waals surface area contributed by atoms with Crippen LogP contribution in [0.25, 0.3) is 0 Å². The monoisotopic (exact) mass is 303 g/mol. The zero-order valence-electron chi connectivity index (χ0n) is 10.4. The van der Waals surface area contributed by atoms with Gasteiger partial charge in [-0.1, -0.05) is 41.4 Å². The topological polar surface area (TPSA) is 42.8 Å². The van der Waals surface area contributed by atoms with Gasteiger partial charge in [0.15, 0.2) is 11.0 Å². The van der Waals surface area contributed by atoms with Crippen LogP contribution in [-0.2, 0) is 4.74 Å². The number of alkyl halides is 2. The number of benzene rings is 1. The molecule has 1 saturated heterocycles. The van der Waals surface area contributed by atoms with E-state index >= 15 is 0 Å². The summed E-state index contributed by atoms with van der Waals surface area (Å²) in [6, 6.07) is 9.04. The Morgan fingerprint density at radius 2 is 1.84 bits per heavy atom. The van der Waals surface area contributed by atoms with E-state index < -0.39 is 4.84 Å². The molecule has 1 fully saturated rings. The van der Waals surface area contributed by atoms with Gasteiger partial charge in [-0.25, -0.2) is 0 Å². The van der Waals surface area contributed by atoms with Gasteiger partial charge in [0.1, 0.15) is 13.1 Å². The van der Waals surface area contributed by atoms with E-state index in [1.54, 1.807) is 12.1 Å². The van der Waals surface area contributed by atoms with Gasteiger partial charge in [0.2, 0.25) is 0 Å². The third-order valence-corrected chi connectivity index (χ3v) is 3.65. The van der Waals surface area contributed by atoms with Crippen molar-refractivity contribution in [1.82, 2.24) is 5.32 Å². The van der Waals surface area contributed by atoms with Gasteiger partial charge in [-0.2, -0.15) is 0 Å². The quantitative estimate of drug-likeness (QED) is 0.794. The molecule has 6 heteroatoms. The normalized spacial score (nSPS) is 18.3. The second kappa shape index (κ2) is 7.10. The number of hydrogen-bond acceptors (Lipinski definition) is 2. The minimum atomic E-state index is -0.652. The van der Waals surface area contributed by atoms with Crippen molar-refractivity contribution in [2.24, 2.45) is 0 Å². The lowest BCUT2D eigenvalue weighted by molar-refractivity contribution is -0.933. The van der Waals surface area contributed by atoms with Crippen molar-refractivity contribution >= 4 is 29.1 Å². The Balaban J connectivity index is 2.02. The molecule has 1 amide bonds. The summed E-state index contributed by atoms with van der Waals surface area (Å²) < 4.78 is 5.30. The smallest absolute Gasteiger partial charge is 0.255 e. The Bertz CT molecular complexity index is 408. The molecule has 1 aromatic rings. The number of rotatable bonds is 4. The molecule has 0 aliphatic carbocycles. The zero-order chi connectivity index (χ0) is 13.7. The van der Waals surface area contributed by atoms with E-state index in [0.717, 1.165) is 18.0 Å². The first-order valence-electron chi connectivity index (χ1n) is 6.25.